The van der Waals surface area contributed by atoms with Crippen molar-refractivity contribution in [3.8, 4) is 33.6 Å². The van der Waals surface area contributed by atoms with Crippen molar-refractivity contribution < 1.29 is 22.3 Å². The number of pyridine rings is 2. The monoisotopic (exact) mass is 532 g/mol. The molecule has 2 aliphatic rings. The molecule has 2 atom stereocenters. The van der Waals surface area contributed by atoms with Crippen molar-refractivity contribution in [3.63, 3.8) is 0 Å². The highest BCUT2D eigenvalue weighted by Gasteiger charge is 2.46. The molecular weight excluding hydrogens is 505 g/mol. The summed E-state index contributed by atoms with van der Waals surface area (Å²) in [7, 11) is 0. The second-order valence-corrected chi connectivity index (χ2v) is 10.6. The zero-order valence-electron chi connectivity index (χ0n) is 21.8. The molecule has 0 spiro atoms. The van der Waals surface area contributed by atoms with Crippen molar-refractivity contribution in [3.05, 3.63) is 139 Å². The molecule has 2 nitrogen and oxygen atoms in total. The summed E-state index contributed by atoms with van der Waals surface area (Å²) in [6.45, 7) is 4.62. The van der Waals surface area contributed by atoms with Crippen LogP contribution in [0.3, 0.4) is 0 Å². The van der Waals surface area contributed by atoms with Gasteiger partial charge in [-0.15, -0.1) is 0 Å². The fourth-order valence-corrected chi connectivity index (χ4v) is 6.48. The Morgan fingerprint density at radius 2 is 1.48 bits per heavy atom. The van der Waals surface area contributed by atoms with E-state index >= 15 is 0 Å². The normalized spacial score (nSPS) is 17.7. The molecule has 196 valence electrons. The van der Waals surface area contributed by atoms with Crippen LogP contribution in [0.1, 0.15) is 35.1 Å². The molecule has 0 N–H and O–H groups in total. The van der Waals surface area contributed by atoms with Crippen molar-refractivity contribution in [1.82, 2.24) is 0 Å². The minimum absolute atomic E-state index is 0.103. The quantitative estimate of drug-likeness (QED) is 0.193. The first-order valence-electron chi connectivity index (χ1n) is 13.5. The van der Waals surface area contributed by atoms with Crippen LogP contribution >= 0.6 is 0 Å². The topological polar surface area (TPSA) is 7.76 Å². The molecule has 0 saturated heterocycles. The molecule has 0 saturated carbocycles. The number of hydrogen-bond donors (Lipinski definition) is 0. The number of nitrogens with zero attached hydrogens (tertiary/aromatic N) is 2. The number of benzene rings is 3. The van der Waals surface area contributed by atoms with Gasteiger partial charge in [-0.05, 0) is 65.9 Å². The summed E-state index contributed by atoms with van der Waals surface area (Å²) in [4.78, 5) is 0. The van der Waals surface area contributed by atoms with E-state index < -0.39 is 11.7 Å². The highest BCUT2D eigenvalue weighted by atomic mass is 19.4. The summed E-state index contributed by atoms with van der Waals surface area (Å²) in [5.41, 5.74) is 7.90. The molecule has 0 radical (unpaired) electrons. The molecule has 0 aliphatic carbocycles. The van der Waals surface area contributed by atoms with Crippen molar-refractivity contribution >= 4 is 5.70 Å². The zero-order valence-corrected chi connectivity index (χ0v) is 21.8. The molecule has 2 aliphatic heterocycles. The molecule has 3 aromatic carbocycles. The second-order valence-electron chi connectivity index (χ2n) is 10.6. The van der Waals surface area contributed by atoms with Crippen LogP contribution in [0.25, 0.3) is 39.3 Å². The van der Waals surface area contributed by atoms with E-state index in [1.54, 1.807) is 6.07 Å². The maximum Gasteiger partial charge on any atom is 0.416 e. The first-order chi connectivity index (χ1) is 19.4. The molecule has 7 rings (SSSR count). The predicted molar refractivity (Wildman–Crippen MR) is 150 cm³/mol. The van der Waals surface area contributed by atoms with Gasteiger partial charge in [0.25, 0.3) is 0 Å². The number of aromatic nitrogens is 2. The van der Waals surface area contributed by atoms with E-state index in [0.29, 0.717) is 17.7 Å². The Morgan fingerprint density at radius 1 is 0.700 bits per heavy atom. The van der Waals surface area contributed by atoms with Gasteiger partial charge in [-0.25, -0.2) is 0 Å². The smallest absolute Gasteiger partial charge is 0.184 e. The Morgan fingerprint density at radius 3 is 2.30 bits per heavy atom. The first-order valence-corrected chi connectivity index (χ1v) is 13.5. The number of rotatable bonds is 1. The summed E-state index contributed by atoms with van der Waals surface area (Å²) < 4.78 is 46.2. The van der Waals surface area contributed by atoms with Gasteiger partial charge in [0.15, 0.2) is 12.4 Å². The fourth-order valence-electron chi connectivity index (χ4n) is 6.48. The van der Waals surface area contributed by atoms with Crippen LogP contribution in [0.15, 0.2) is 122 Å². The number of halogens is 3. The lowest BCUT2D eigenvalue weighted by molar-refractivity contribution is -0.727. The Balaban J connectivity index is 1.50. The molecule has 2 aromatic heterocycles. The Hall–Kier alpha value is -4.51. The van der Waals surface area contributed by atoms with Crippen molar-refractivity contribution in [1.29, 1.82) is 0 Å². The lowest BCUT2D eigenvalue weighted by atomic mass is 9.78. The lowest BCUT2D eigenvalue weighted by Crippen LogP contribution is -2.53. The van der Waals surface area contributed by atoms with Crippen LogP contribution in [0.2, 0.25) is 0 Å². The predicted octanol–water partition coefficient (Wildman–Crippen LogP) is 8.04. The number of fused-ring (bicyclic) bond motifs is 9. The molecule has 0 fully saturated rings. The fraction of sp³-hybridized carbons (Fsp3) is 0.143. The van der Waals surface area contributed by atoms with Gasteiger partial charge in [0, 0.05) is 29.8 Å². The van der Waals surface area contributed by atoms with Crippen molar-refractivity contribution in [2.45, 2.75) is 31.0 Å². The molecule has 4 heterocycles. The molecule has 2 unspecified atom stereocenters. The van der Waals surface area contributed by atoms with Crippen LogP contribution < -0.4 is 9.13 Å². The molecule has 40 heavy (non-hydrogen) atoms. The first kappa shape index (κ1) is 24.5. The number of alkyl halides is 3. The minimum Gasteiger partial charge on any atom is -0.184 e. The van der Waals surface area contributed by atoms with Crippen LogP contribution in [-0.4, -0.2) is 0 Å². The molecular formula is C35H27F3N2+2. The number of aryl methyl sites for hydroxylation is 1. The van der Waals surface area contributed by atoms with Gasteiger partial charge in [-0.3, -0.25) is 0 Å². The maximum absolute atomic E-state index is 14.0. The summed E-state index contributed by atoms with van der Waals surface area (Å²) in [5.74, 6) is 0.103. The third-order valence-electron chi connectivity index (χ3n) is 8.36. The van der Waals surface area contributed by atoms with Crippen molar-refractivity contribution in [2.24, 2.45) is 0 Å². The van der Waals surface area contributed by atoms with E-state index in [-0.39, 0.29) is 12.0 Å². The van der Waals surface area contributed by atoms with Crippen LogP contribution in [0.5, 0.6) is 0 Å². The van der Waals surface area contributed by atoms with E-state index in [9.17, 15) is 13.2 Å². The van der Waals surface area contributed by atoms with E-state index in [4.69, 9.17) is 0 Å². The summed E-state index contributed by atoms with van der Waals surface area (Å²) in [5, 5.41) is 0. The van der Waals surface area contributed by atoms with E-state index in [2.05, 4.69) is 47.7 Å². The largest absolute Gasteiger partial charge is 0.416 e. The zero-order chi connectivity index (χ0) is 27.4. The maximum atomic E-state index is 14.0. The Labute approximate surface area is 231 Å². The van der Waals surface area contributed by atoms with Gasteiger partial charge < -0.3 is 0 Å². The molecule has 5 heteroatoms. The van der Waals surface area contributed by atoms with E-state index in [1.165, 1.54) is 23.3 Å². The van der Waals surface area contributed by atoms with E-state index in [0.717, 1.165) is 34.5 Å². The molecule has 0 amide bonds. The highest BCUT2D eigenvalue weighted by Crippen LogP contribution is 2.45. The average molecular weight is 533 g/mol. The number of allylic oxidation sites excluding steroid dienone is 1. The van der Waals surface area contributed by atoms with Gasteiger partial charge in [-0.2, -0.15) is 22.3 Å². The number of hydrogen-bond acceptors (Lipinski definition) is 0. The van der Waals surface area contributed by atoms with Crippen molar-refractivity contribution in [2.75, 3.05) is 0 Å². The summed E-state index contributed by atoms with van der Waals surface area (Å²) in [6.07, 6.45) is 1.05. The van der Waals surface area contributed by atoms with Crippen LogP contribution in [-0.2, 0) is 12.6 Å². The van der Waals surface area contributed by atoms with E-state index in [1.807, 2.05) is 65.4 Å². The van der Waals surface area contributed by atoms with Crippen LogP contribution in [0.4, 0.5) is 13.2 Å². The van der Waals surface area contributed by atoms with Gasteiger partial charge in [0.1, 0.15) is 0 Å². The van der Waals surface area contributed by atoms with Gasteiger partial charge in [0.2, 0.25) is 23.1 Å². The second kappa shape index (κ2) is 9.30. The van der Waals surface area contributed by atoms with Gasteiger partial charge in [-0.1, -0.05) is 54.6 Å². The Kier molecular flexibility index (Phi) is 5.70. The average Bonchev–Trinajstić information content (AvgIpc) is 3.03. The summed E-state index contributed by atoms with van der Waals surface area (Å²) >= 11 is 0. The molecule has 5 aromatic rings. The van der Waals surface area contributed by atoms with Gasteiger partial charge in [0.05, 0.1) is 17.0 Å². The SMILES string of the molecule is C=C1C2C(CCc3ccc(C(F)(F)F)cc3-c3cc(-c4ccccc4)cc[n+]31)c1ccccc1-c1cccc[n+]12. The standard InChI is InChI=1S/C35H27F3N2/c1-23-34-30(28-11-5-6-12-29(28)32-13-7-8-19-40(32)34)17-15-25-14-16-27(35(36,37)38)22-31(25)33-21-26(18-20-39(23)33)24-9-3-2-4-10-24/h2-14,16,18-22,30,34H,1,15,17H2/q+2. The Bertz CT molecular complexity index is 1770. The van der Waals surface area contributed by atoms with Gasteiger partial charge >= 0.3 is 6.18 Å². The third-order valence-corrected chi connectivity index (χ3v) is 8.36. The van der Waals surface area contributed by atoms with Crippen LogP contribution in [0, 0.1) is 0 Å². The third kappa shape index (κ3) is 3.96. The minimum atomic E-state index is -4.44. The lowest BCUT2D eigenvalue weighted by Gasteiger charge is -2.29. The highest BCUT2D eigenvalue weighted by molar-refractivity contribution is 5.72. The molecule has 0 bridgehead atoms. The summed E-state index contributed by atoms with van der Waals surface area (Å²) in [6, 6.07) is 32.7.